The molecular weight excluding hydrogens is 325 g/mol. The van der Waals surface area contributed by atoms with Gasteiger partial charge in [-0.15, -0.1) is 10.2 Å². The van der Waals surface area contributed by atoms with Gasteiger partial charge in [-0.3, -0.25) is 9.59 Å². The highest BCUT2D eigenvalue weighted by Crippen LogP contribution is 2.27. The normalized spacial score (nSPS) is 16.5. The van der Waals surface area contributed by atoms with E-state index in [2.05, 4.69) is 10.2 Å². The van der Waals surface area contributed by atoms with Crippen LogP contribution in [0.1, 0.15) is 23.3 Å². The minimum Gasteiger partial charge on any atom is -0.347 e. The van der Waals surface area contributed by atoms with Crippen LogP contribution in [0.2, 0.25) is 0 Å². The summed E-state index contributed by atoms with van der Waals surface area (Å²) in [5, 5.41) is 8.12. The average Bonchev–Trinajstić information content (AvgIpc) is 2.96. The van der Waals surface area contributed by atoms with Gasteiger partial charge in [0.2, 0.25) is 5.91 Å². The number of rotatable bonds is 3. The van der Waals surface area contributed by atoms with Gasteiger partial charge in [0.1, 0.15) is 11.6 Å². The Hall–Kier alpha value is -2.77. The van der Waals surface area contributed by atoms with Gasteiger partial charge in [-0.25, -0.2) is 4.39 Å². The standard InChI is InChI=1S/C17H20FN5O2/c1-11-19-20-16-15(17(25)21(2)3)23(9-8-22(11)16)14(24)10-12-6-4-5-7-13(12)18/h4-7,15H,8-10H2,1-3H3. The molecule has 1 aromatic heterocycles. The van der Waals surface area contributed by atoms with Gasteiger partial charge < -0.3 is 14.4 Å². The average molecular weight is 345 g/mol. The first-order valence-corrected chi connectivity index (χ1v) is 8.04. The summed E-state index contributed by atoms with van der Waals surface area (Å²) in [7, 11) is 3.26. The van der Waals surface area contributed by atoms with Crippen molar-refractivity contribution in [3.8, 4) is 0 Å². The molecule has 2 heterocycles. The van der Waals surface area contributed by atoms with Gasteiger partial charge in [0.05, 0.1) is 6.42 Å². The van der Waals surface area contributed by atoms with Crippen LogP contribution in [0.25, 0.3) is 0 Å². The highest BCUT2D eigenvalue weighted by atomic mass is 19.1. The molecule has 0 saturated carbocycles. The van der Waals surface area contributed by atoms with Gasteiger partial charge in [-0.1, -0.05) is 18.2 Å². The Labute approximate surface area is 145 Å². The number of carbonyl (C=O) groups is 2. The Bertz CT molecular complexity index is 817. The van der Waals surface area contributed by atoms with Crippen molar-refractivity contribution >= 4 is 11.8 Å². The minimum absolute atomic E-state index is 0.100. The van der Waals surface area contributed by atoms with E-state index in [9.17, 15) is 14.0 Å². The van der Waals surface area contributed by atoms with E-state index in [0.29, 0.717) is 30.3 Å². The van der Waals surface area contributed by atoms with E-state index in [1.165, 1.54) is 15.9 Å². The van der Waals surface area contributed by atoms with E-state index in [4.69, 9.17) is 0 Å². The van der Waals surface area contributed by atoms with Gasteiger partial charge in [0.25, 0.3) is 5.91 Å². The molecule has 25 heavy (non-hydrogen) atoms. The molecule has 132 valence electrons. The van der Waals surface area contributed by atoms with Crippen molar-refractivity contribution in [2.75, 3.05) is 20.6 Å². The molecule has 2 aromatic rings. The zero-order valence-electron chi connectivity index (χ0n) is 14.4. The fourth-order valence-electron chi connectivity index (χ4n) is 3.02. The molecule has 0 spiro atoms. The lowest BCUT2D eigenvalue weighted by Crippen LogP contribution is -2.49. The SMILES string of the molecule is Cc1nnc2n1CCN(C(=O)Cc1ccccc1F)C2C(=O)N(C)C. The van der Waals surface area contributed by atoms with E-state index in [-0.39, 0.29) is 18.2 Å². The van der Waals surface area contributed by atoms with Crippen LogP contribution in [0.15, 0.2) is 24.3 Å². The van der Waals surface area contributed by atoms with E-state index in [1.807, 2.05) is 11.5 Å². The molecule has 1 unspecified atom stereocenters. The van der Waals surface area contributed by atoms with Crippen LogP contribution in [-0.4, -0.2) is 57.0 Å². The first kappa shape index (κ1) is 17.1. The van der Waals surface area contributed by atoms with Gasteiger partial charge >= 0.3 is 0 Å². The van der Waals surface area contributed by atoms with Crippen LogP contribution >= 0.6 is 0 Å². The van der Waals surface area contributed by atoms with Crippen LogP contribution in [-0.2, 0) is 22.6 Å². The molecule has 3 rings (SSSR count). The Balaban J connectivity index is 1.92. The van der Waals surface area contributed by atoms with Crippen molar-refractivity contribution in [3.05, 3.63) is 47.3 Å². The number of carbonyl (C=O) groups excluding carboxylic acids is 2. The van der Waals surface area contributed by atoms with Crippen molar-refractivity contribution in [2.45, 2.75) is 25.9 Å². The molecule has 0 fully saturated rings. The van der Waals surface area contributed by atoms with Gasteiger partial charge in [0, 0.05) is 27.2 Å². The molecule has 1 aromatic carbocycles. The first-order valence-electron chi connectivity index (χ1n) is 8.04. The fraction of sp³-hybridized carbons (Fsp3) is 0.412. The Morgan fingerprint density at radius 2 is 1.96 bits per heavy atom. The van der Waals surface area contributed by atoms with Gasteiger partial charge in [0.15, 0.2) is 11.9 Å². The molecule has 2 amide bonds. The predicted octanol–water partition coefficient (Wildman–Crippen LogP) is 0.940. The van der Waals surface area contributed by atoms with E-state index in [0.717, 1.165) is 0 Å². The predicted molar refractivity (Wildman–Crippen MR) is 88.0 cm³/mol. The van der Waals surface area contributed by atoms with Crippen molar-refractivity contribution < 1.29 is 14.0 Å². The van der Waals surface area contributed by atoms with Crippen molar-refractivity contribution in [1.82, 2.24) is 24.6 Å². The lowest BCUT2D eigenvalue weighted by atomic mass is 10.1. The number of hydrogen-bond acceptors (Lipinski definition) is 4. The highest BCUT2D eigenvalue weighted by molar-refractivity contribution is 5.89. The Kier molecular flexibility index (Phi) is 4.52. The van der Waals surface area contributed by atoms with Crippen LogP contribution < -0.4 is 0 Å². The molecule has 0 saturated heterocycles. The zero-order chi connectivity index (χ0) is 18.1. The van der Waals surface area contributed by atoms with Crippen LogP contribution in [0.3, 0.4) is 0 Å². The summed E-state index contributed by atoms with van der Waals surface area (Å²) in [6.45, 7) is 2.67. The number of likely N-dealkylation sites (N-methyl/N-ethyl adjacent to an activating group) is 1. The number of nitrogens with zero attached hydrogens (tertiary/aromatic N) is 5. The number of benzene rings is 1. The van der Waals surface area contributed by atoms with Crippen LogP contribution in [0.5, 0.6) is 0 Å². The molecule has 1 aliphatic heterocycles. The van der Waals surface area contributed by atoms with Crippen molar-refractivity contribution in [2.24, 2.45) is 0 Å². The summed E-state index contributed by atoms with van der Waals surface area (Å²) in [6, 6.07) is 5.32. The lowest BCUT2D eigenvalue weighted by Gasteiger charge is -2.36. The van der Waals surface area contributed by atoms with Crippen molar-refractivity contribution in [1.29, 1.82) is 0 Å². The highest BCUT2D eigenvalue weighted by Gasteiger charge is 2.39. The second-order valence-corrected chi connectivity index (χ2v) is 6.25. The topological polar surface area (TPSA) is 71.3 Å². The van der Waals surface area contributed by atoms with Crippen LogP contribution in [0, 0.1) is 12.7 Å². The summed E-state index contributed by atoms with van der Waals surface area (Å²) in [5.74, 6) is 0.159. The molecule has 1 atom stereocenters. The number of halogens is 1. The van der Waals surface area contributed by atoms with Gasteiger partial charge in [-0.05, 0) is 18.6 Å². The van der Waals surface area contributed by atoms with Crippen molar-refractivity contribution in [3.63, 3.8) is 0 Å². The largest absolute Gasteiger partial charge is 0.347 e. The van der Waals surface area contributed by atoms with E-state index >= 15 is 0 Å². The summed E-state index contributed by atoms with van der Waals surface area (Å²) in [5.41, 5.74) is 0.312. The third-order valence-electron chi connectivity index (χ3n) is 4.38. The molecule has 0 radical (unpaired) electrons. The summed E-state index contributed by atoms with van der Waals surface area (Å²) in [6.07, 6.45) is -0.100. The first-order chi connectivity index (χ1) is 11.9. The zero-order valence-corrected chi connectivity index (χ0v) is 14.4. The Morgan fingerprint density at radius 3 is 2.64 bits per heavy atom. The quantitative estimate of drug-likeness (QED) is 0.830. The van der Waals surface area contributed by atoms with E-state index < -0.39 is 11.9 Å². The van der Waals surface area contributed by atoms with Crippen LogP contribution in [0.4, 0.5) is 4.39 Å². The third-order valence-corrected chi connectivity index (χ3v) is 4.38. The second kappa shape index (κ2) is 6.62. The smallest absolute Gasteiger partial charge is 0.252 e. The molecule has 0 aliphatic carbocycles. The third kappa shape index (κ3) is 3.11. The number of fused-ring (bicyclic) bond motifs is 1. The maximum atomic E-state index is 13.9. The molecule has 1 aliphatic rings. The number of aryl methyl sites for hydroxylation is 1. The maximum Gasteiger partial charge on any atom is 0.252 e. The number of hydrogen-bond donors (Lipinski definition) is 0. The molecule has 0 N–H and O–H groups in total. The monoisotopic (exact) mass is 345 g/mol. The lowest BCUT2D eigenvalue weighted by molar-refractivity contribution is -0.146. The molecule has 8 heteroatoms. The number of amides is 2. The second-order valence-electron chi connectivity index (χ2n) is 6.25. The summed E-state index contributed by atoms with van der Waals surface area (Å²) < 4.78 is 15.7. The minimum atomic E-state index is -0.843. The summed E-state index contributed by atoms with van der Waals surface area (Å²) >= 11 is 0. The molecular formula is C17H20FN5O2. The van der Waals surface area contributed by atoms with Gasteiger partial charge in [-0.2, -0.15) is 0 Å². The number of aromatic nitrogens is 3. The fourth-order valence-corrected chi connectivity index (χ4v) is 3.02. The maximum absolute atomic E-state index is 13.9. The van der Waals surface area contributed by atoms with E-state index in [1.54, 1.807) is 32.3 Å². The molecule has 7 nitrogen and oxygen atoms in total. The molecule has 0 bridgehead atoms. The summed E-state index contributed by atoms with van der Waals surface area (Å²) in [4.78, 5) is 28.4. The Morgan fingerprint density at radius 1 is 1.24 bits per heavy atom.